The van der Waals surface area contributed by atoms with Crippen LogP contribution in [0.1, 0.15) is 36.2 Å². The van der Waals surface area contributed by atoms with Crippen LogP contribution < -0.4 is 14.8 Å². The fraction of sp³-hybridized carbons (Fsp3) is 0.304. The summed E-state index contributed by atoms with van der Waals surface area (Å²) in [5.74, 6) is 0.863. The molecule has 0 saturated carbocycles. The highest BCUT2D eigenvalue weighted by Crippen LogP contribution is 2.35. The van der Waals surface area contributed by atoms with Crippen molar-refractivity contribution in [3.05, 3.63) is 59.8 Å². The molecule has 1 amide bonds. The Kier molecular flexibility index (Phi) is 5.01. The predicted octanol–water partition coefficient (Wildman–Crippen LogP) is 3.65. The maximum Gasteiger partial charge on any atom is 0.257 e. The van der Waals surface area contributed by atoms with Gasteiger partial charge in [-0.15, -0.1) is 0 Å². The Balaban J connectivity index is 1.29. The topological polar surface area (TPSA) is 80.4 Å². The van der Waals surface area contributed by atoms with Crippen molar-refractivity contribution >= 4 is 22.6 Å². The Morgan fingerprint density at radius 1 is 1.24 bits per heavy atom. The van der Waals surface area contributed by atoms with E-state index in [9.17, 15) is 9.59 Å². The molecule has 0 aliphatic carbocycles. The molecular weight excluding hydrogens is 368 g/mol. The lowest BCUT2D eigenvalue weighted by Gasteiger charge is -2.31. The fourth-order valence-electron chi connectivity index (χ4n) is 3.60. The lowest BCUT2D eigenvalue weighted by Crippen LogP contribution is -2.35. The van der Waals surface area contributed by atoms with Crippen molar-refractivity contribution in [2.45, 2.75) is 32.3 Å². The summed E-state index contributed by atoms with van der Waals surface area (Å²) in [4.78, 5) is 27.5. The van der Waals surface area contributed by atoms with Gasteiger partial charge in [-0.1, -0.05) is 18.2 Å². The number of benzene rings is 2. The van der Waals surface area contributed by atoms with Crippen LogP contribution >= 0.6 is 0 Å². The van der Waals surface area contributed by atoms with Crippen molar-refractivity contribution in [2.24, 2.45) is 0 Å². The number of carbonyl (C=O) groups is 2. The van der Waals surface area contributed by atoms with Gasteiger partial charge in [0.05, 0.1) is 12.0 Å². The first kappa shape index (κ1) is 19.1. The molecule has 2 aromatic carbocycles. The number of fused-ring (bicyclic) bond motifs is 2. The number of ketones is 1. The van der Waals surface area contributed by atoms with Gasteiger partial charge >= 0.3 is 0 Å². The van der Waals surface area contributed by atoms with Crippen LogP contribution in [-0.2, 0) is 11.2 Å². The number of aromatic amines is 1. The molecule has 1 aliphatic heterocycles. The SMILES string of the molecule is CC1(C)CC(=O)c2ccc(OCC(=O)NCCc3c[nH]c4ccccc34)cc2O1. The summed E-state index contributed by atoms with van der Waals surface area (Å²) in [5, 5.41) is 4.05. The summed E-state index contributed by atoms with van der Waals surface area (Å²) in [5.41, 5.74) is 2.27. The minimum Gasteiger partial charge on any atom is -0.486 e. The molecule has 6 nitrogen and oxygen atoms in total. The average Bonchev–Trinajstić information content (AvgIpc) is 3.08. The normalized spacial score (nSPS) is 14.9. The van der Waals surface area contributed by atoms with E-state index in [2.05, 4.69) is 16.4 Å². The molecular formula is C23H24N2O4. The van der Waals surface area contributed by atoms with Crippen LogP contribution in [0.4, 0.5) is 0 Å². The molecule has 0 fully saturated rings. The van der Waals surface area contributed by atoms with Crippen molar-refractivity contribution in [2.75, 3.05) is 13.2 Å². The summed E-state index contributed by atoms with van der Waals surface area (Å²) >= 11 is 0. The van der Waals surface area contributed by atoms with Gasteiger partial charge in [-0.2, -0.15) is 0 Å². The van der Waals surface area contributed by atoms with Crippen LogP contribution in [0.25, 0.3) is 10.9 Å². The molecule has 1 aliphatic rings. The van der Waals surface area contributed by atoms with Crippen LogP contribution in [0.2, 0.25) is 0 Å². The number of hydrogen-bond donors (Lipinski definition) is 2. The van der Waals surface area contributed by atoms with Crippen LogP contribution in [0, 0.1) is 0 Å². The molecule has 2 N–H and O–H groups in total. The number of aromatic nitrogens is 1. The quantitative estimate of drug-likeness (QED) is 0.671. The van der Waals surface area contributed by atoms with E-state index >= 15 is 0 Å². The van der Waals surface area contributed by atoms with E-state index in [1.165, 1.54) is 10.9 Å². The second kappa shape index (κ2) is 7.62. The average molecular weight is 392 g/mol. The maximum atomic E-state index is 12.2. The third kappa shape index (κ3) is 4.26. The van der Waals surface area contributed by atoms with Crippen molar-refractivity contribution in [3.63, 3.8) is 0 Å². The number of carbonyl (C=O) groups excluding carboxylic acids is 2. The number of H-pyrrole nitrogens is 1. The highest BCUT2D eigenvalue weighted by Gasteiger charge is 2.32. The number of ether oxygens (including phenoxy) is 2. The lowest BCUT2D eigenvalue weighted by molar-refractivity contribution is -0.123. The number of rotatable bonds is 6. The minimum absolute atomic E-state index is 0.0535. The molecule has 0 radical (unpaired) electrons. The van der Waals surface area contributed by atoms with Gasteiger partial charge in [0.25, 0.3) is 5.91 Å². The van der Waals surface area contributed by atoms with Gasteiger partial charge < -0.3 is 19.8 Å². The van der Waals surface area contributed by atoms with E-state index < -0.39 is 5.60 Å². The molecule has 0 spiro atoms. The molecule has 0 bridgehead atoms. The minimum atomic E-state index is -0.539. The van der Waals surface area contributed by atoms with Crippen LogP contribution in [0.5, 0.6) is 11.5 Å². The van der Waals surface area contributed by atoms with Gasteiger partial charge in [0.15, 0.2) is 12.4 Å². The molecule has 0 saturated heterocycles. The van der Waals surface area contributed by atoms with Crippen molar-refractivity contribution in [1.29, 1.82) is 0 Å². The summed E-state index contributed by atoms with van der Waals surface area (Å²) < 4.78 is 11.5. The maximum absolute atomic E-state index is 12.2. The first-order valence-electron chi connectivity index (χ1n) is 9.72. The number of hydrogen-bond acceptors (Lipinski definition) is 4. The van der Waals surface area contributed by atoms with E-state index in [4.69, 9.17) is 9.47 Å². The highest BCUT2D eigenvalue weighted by molar-refractivity contribution is 6.00. The third-order valence-electron chi connectivity index (χ3n) is 4.99. The van der Waals surface area contributed by atoms with Gasteiger partial charge in [0.1, 0.15) is 17.1 Å². The van der Waals surface area contributed by atoms with E-state index in [1.807, 2.05) is 38.2 Å². The number of nitrogens with one attached hydrogen (secondary N) is 2. The number of amides is 1. The Morgan fingerprint density at radius 3 is 2.93 bits per heavy atom. The summed E-state index contributed by atoms with van der Waals surface area (Å²) in [6, 6.07) is 13.1. The first-order chi connectivity index (χ1) is 13.9. The summed E-state index contributed by atoms with van der Waals surface area (Å²) in [6.45, 7) is 4.19. The van der Waals surface area contributed by atoms with Gasteiger partial charge in [0, 0.05) is 29.7 Å². The van der Waals surface area contributed by atoms with Crippen LogP contribution in [-0.4, -0.2) is 35.4 Å². The molecule has 2 heterocycles. The van der Waals surface area contributed by atoms with Crippen molar-refractivity contribution < 1.29 is 19.1 Å². The van der Waals surface area contributed by atoms with E-state index in [1.54, 1.807) is 18.2 Å². The zero-order valence-corrected chi connectivity index (χ0v) is 16.6. The Labute approximate surface area is 169 Å². The van der Waals surface area contributed by atoms with Gasteiger partial charge in [0.2, 0.25) is 0 Å². The van der Waals surface area contributed by atoms with Crippen molar-refractivity contribution in [1.82, 2.24) is 10.3 Å². The van der Waals surface area contributed by atoms with Crippen LogP contribution in [0.3, 0.4) is 0 Å². The second-order valence-electron chi connectivity index (χ2n) is 7.87. The highest BCUT2D eigenvalue weighted by atomic mass is 16.5. The monoisotopic (exact) mass is 392 g/mol. The molecule has 4 rings (SSSR count). The Morgan fingerprint density at radius 2 is 2.07 bits per heavy atom. The lowest BCUT2D eigenvalue weighted by atomic mass is 9.93. The van der Waals surface area contributed by atoms with E-state index in [-0.39, 0.29) is 18.3 Å². The number of Topliss-reactive ketones (excluding diaryl/α,β-unsaturated/α-hetero) is 1. The Hall–Kier alpha value is -3.28. The fourth-order valence-corrected chi connectivity index (χ4v) is 3.60. The summed E-state index contributed by atoms with van der Waals surface area (Å²) in [7, 11) is 0. The molecule has 1 aromatic heterocycles. The Bertz CT molecular complexity index is 1070. The van der Waals surface area contributed by atoms with Gasteiger partial charge in [-0.3, -0.25) is 9.59 Å². The van der Waals surface area contributed by atoms with E-state index in [0.717, 1.165) is 11.9 Å². The zero-order valence-electron chi connectivity index (χ0n) is 16.6. The molecule has 3 aromatic rings. The van der Waals surface area contributed by atoms with Crippen LogP contribution in [0.15, 0.2) is 48.7 Å². The molecule has 0 atom stereocenters. The largest absolute Gasteiger partial charge is 0.486 e. The predicted molar refractivity (Wildman–Crippen MR) is 111 cm³/mol. The first-order valence-corrected chi connectivity index (χ1v) is 9.72. The smallest absolute Gasteiger partial charge is 0.257 e. The molecule has 150 valence electrons. The van der Waals surface area contributed by atoms with Gasteiger partial charge in [-0.05, 0) is 44.0 Å². The number of para-hydroxylation sites is 1. The van der Waals surface area contributed by atoms with Crippen molar-refractivity contribution in [3.8, 4) is 11.5 Å². The molecule has 6 heteroatoms. The standard InChI is InChI=1S/C23H24N2O4/c1-23(2)12-20(26)18-8-7-16(11-21(18)29-23)28-14-22(27)24-10-9-15-13-25-19-6-4-3-5-17(15)19/h3-8,11,13,25H,9-10,12,14H2,1-2H3,(H,24,27). The van der Waals surface area contributed by atoms with Gasteiger partial charge in [-0.25, -0.2) is 0 Å². The molecule has 29 heavy (non-hydrogen) atoms. The molecule has 0 unspecified atom stereocenters. The second-order valence-corrected chi connectivity index (χ2v) is 7.87. The van der Waals surface area contributed by atoms with E-state index in [0.29, 0.717) is 30.0 Å². The third-order valence-corrected chi connectivity index (χ3v) is 4.99. The zero-order chi connectivity index (χ0) is 20.4. The summed E-state index contributed by atoms with van der Waals surface area (Å²) in [6.07, 6.45) is 3.06.